The predicted molar refractivity (Wildman–Crippen MR) is 115 cm³/mol. The molecule has 30 heavy (non-hydrogen) atoms. The summed E-state index contributed by atoms with van der Waals surface area (Å²) in [6, 6.07) is 5.92. The van der Waals surface area contributed by atoms with Crippen molar-refractivity contribution in [1.82, 2.24) is 19.9 Å². The molecule has 0 unspecified atom stereocenters. The van der Waals surface area contributed by atoms with Crippen LogP contribution >= 0.6 is 0 Å². The van der Waals surface area contributed by atoms with Gasteiger partial charge in [-0.15, -0.1) is 0 Å². The van der Waals surface area contributed by atoms with Crippen LogP contribution < -0.4 is 10.2 Å². The molecule has 2 aliphatic rings. The molecule has 1 aliphatic heterocycles. The van der Waals surface area contributed by atoms with Crippen LogP contribution in [0, 0.1) is 6.92 Å². The summed E-state index contributed by atoms with van der Waals surface area (Å²) in [6.07, 6.45) is 6.40. The highest BCUT2D eigenvalue weighted by Crippen LogP contribution is 2.40. The van der Waals surface area contributed by atoms with E-state index in [9.17, 15) is 4.79 Å². The minimum Gasteiger partial charge on any atom is -0.445 e. The van der Waals surface area contributed by atoms with Crippen molar-refractivity contribution in [3.63, 3.8) is 0 Å². The van der Waals surface area contributed by atoms with Gasteiger partial charge in [0.25, 0.3) is 5.91 Å². The van der Waals surface area contributed by atoms with Crippen molar-refractivity contribution in [2.45, 2.75) is 38.6 Å². The van der Waals surface area contributed by atoms with Gasteiger partial charge in [0.2, 0.25) is 5.71 Å². The van der Waals surface area contributed by atoms with E-state index in [0.29, 0.717) is 41.4 Å². The molecular formula is C22H26N6O2. The van der Waals surface area contributed by atoms with Crippen molar-refractivity contribution in [2.75, 3.05) is 36.4 Å². The number of hydrogen-bond acceptors (Lipinski definition) is 7. The molecule has 4 heterocycles. The van der Waals surface area contributed by atoms with Gasteiger partial charge in [-0.2, -0.15) is 4.98 Å². The second kappa shape index (κ2) is 7.27. The third kappa shape index (κ3) is 3.58. The summed E-state index contributed by atoms with van der Waals surface area (Å²) >= 11 is 0. The summed E-state index contributed by atoms with van der Waals surface area (Å²) in [7, 11) is 0. The standard InChI is InChI=1S/C22H26N6O2/c1-15-24-19(26-22(2)7-8-22)18-16(14-30-20(18)25-15)21(29)28-11-5-10-27(12-13-28)17-6-3-4-9-23-17/h3-4,6,9,14H,5,7-8,10-13H2,1-2H3,(H,24,25,26). The molecule has 0 atom stereocenters. The van der Waals surface area contributed by atoms with E-state index in [1.54, 1.807) is 6.20 Å². The number of nitrogens with one attached hydrogen (secondary N) is 1. The van der Waals surface area contributed by atoms with E-state index in [1.807, 2.05) is 30.0 Å². The molecule has 0 radical (unpaired) electrons. The van der Waals surface area contributed by atoms with Crippen LogP contribution in [0.1, 0.15) is 42.4 Å². The molecule has 8 nitrogen and oxygen atoms in total. The van der Waals surface area contributed by atoms with Gasteiger partial charge >= 0.3 is 0 Å². The van der Waals surface area contributed by atoms with Crippen molar-refractivity contribution >= 4 is 28.6 Å². The van der Waals surface area contributed by atoms with Crippen molar-refractivity contribution < 1.29 is 9.21 Å². The minimum atomic E-state index is -0.0342. The molecule has 0 aromatic carbocycles. The fourth-order valence-corrected chi connectivity index (χ4v) is 3.96. The van der Waals surface area contributed by atoms with Crippen LogP contribution in [0.3, 0.4) is 0 Å². The molecule has 5 rings (SSSR count). The fourth-order valence-electron chi connectivity index (χ4n) is 3.96. The lowest BCUT2D eigenvalue weighted by Crippen LogP contribution is -2.35. The van der Waals surface area contributed by atoms with Gasteiger partial charge in [0.15, 0.2) is 0 Å². The topological polar surface area (TPSA) is 87.4 Å². The predicted octanol–water partition coefficient (Wildman–Crippen LogP) is 3.24. The first kappa shape index (κ1) is 18.8. The Labute approximate surface area is 175 Å². The number of fused-ring (bicyclic) bond motifs is 1. The quantitative estimate of drug-likeness (QED) is 0.712. The first-order chi connectivity index (χ1) is 14.5. The van der Waals surface area contributed by atoms with Gasteiger partial charge in [-0.05, 0) is 45.2 Å². The van der Waals surface area contributed by atoms with Gasteiger partial charge in [0, 0.05) is 37.9 Å². The van der Waals surface area contributed by atoms with Gasteiger partial charge in [-0.1, -0.05) is 6.07 Å². The van der Waals surface area contributed by atoms with Crippen molar-refractivity contribution in [1.29, 1.82) is 0 Å². The van der Waals surface area contributed by atoms with Gasteiger partial charge in [-0.25, -0.2) is 9.97 Å². The Kier molecular flexibility index (Phi) is 4.56. The minimum absolute atomic E-state index is 0.0342. The van der Waals surface area contributed by atoms with Crippen molar-refractivity contribution in [3.05, 3.63) is 42.0 Å². The van der Waals surface area contributed by atoms with Gasteiger partial charge < -0.3 is 19.5 Å². The number of nitrogens with zero attached hydrogens (tertiary/aromatic N) is 5. The maximum atomic E-state index is 13.4. The highest BCUT2D eigenvalue weighted by atomic mass is 16.3. The third-order valence-corrected chi connectivity index (χ3v) is 5.95. The Balaban J connectivity index is 1.41. The molecule has 3 aromatic rings. The maximum absolute atomic E-state index is 13.4. The lowest BCUT2D eigenvalue weighted by Gasteiger charge is -2.22. The monoisotopic (exact) mass is 406 g/mol. The van der Waals surface area contributed by atoms with Gasteiger partial charge in [-0.3, -0.25) is 4.79 Å². The van der Waals surface area contributed by atoms with E-state index in [2.05, 4.69) is 32.1 Å². The average molecular weight is 406 g/mol. The van der Waals surface area contributed by atoms with E-state index in [4.69, 9.17) is 4.42 Å². The second-order valence-corrected chi connectivity index (χ2v) is 8.46. The van der Waals surface area contributed by atoms with E-state index in [-0.39, 0.29) is 11.4 Å². The lowest BCUT2D eigenvalue weighted by molar-refractivity contribution is 0.0768. The number of amides is 1. The van der Waals surface area contributed by atoms with Gasteiger partial charge in [0.1, 0.15) is 23.7 Å². The summed E-state index contributed by atoms with van der Waals surface area (Å²) in [6.45, 7) is 6.96. The zero-order valence-electron chi connectivity index (χ0n) is 17.4. The zero-order chi connectivity index (χ0) is 20.7. The SMILES string of the molecule is Cc1nc(NC2(C)CC2)c2c(C(=O)N3CCCN(c4ccccn4)CC3)coc2n1. The number of aromatic nitrogens is 3. The first-order valence-electron chi connectivity index (χ1n) is 10.5. The summed E-state index contributed by atoms with van der Waals surface area (Å²) in [5.41, 5.74) is 1.03. The first-order valence-corrected chi connectivity index (χ1v) is 10.5. The Hall–Kier alpha value is -3.16. The number of rotatable bonds is 4. The molecule has 1 aliphatic carbocycles. The highest BCUT2D eigenvalue weighted by molar-refractivity contribution is 6.09. The Bertz CT molecular complexity index is 1080. The average Bonchev–Trinajstić information content (AvgIpc) is 3.39. The number of aryl methyl sites for hydroxylation is 1. The largest absolute Gasteiger partial charge is 0.445 e. The van der Waals surface area contributed by atoms with E-state index in [1.165, 1.54) is 6.26 Å². The summed E-state index contributed by atoms with van der Waals surface area (Å²) in [5.74, 6) is 2.24. The number of anilines is 2. The van der Waals surface area contributed by atoms with Crippen LogP contribution in [0.25, 0.3) is 11.1 Å². The molecule has 1 amide bonds. The lowest BCUT2D eigenvalue weighted by atomic mass is 10.2. The van der Waals surface area contributed by atoms with E-state index < -0.39 is 0 Å². The summed E-state index contributed by atoms with van der Waals surface area (Å²) < 4.78 is 5.68. The summed E-state index contributed by atoms with van der Waals surface area (Å²) in [5, 5.41) is 4.19. The van der Waals surface area contributed by atoms with Gasteiger partial charge in [0.05, 0.1) is 10.9 Å². The van der Waals surface area contributed by atoms with Crippen LogP contribution in [0.15, 0.2) is 35.1 Å². The number of hydrogen-bond donors (Lipinski definition) is 1. The molecule has 1 saturated carbocycles. The highest BCUT2D eigenvalue weighted by Gasteiger charge is 2.38. The van der Waals surface area contributed by atoms with Crippen molar-refractivity contribution in [3.8, 4) is 0 Å². The van der Waals surface area contributed by atoms with E-state index >= 15 is 0 Å². The zero-order valence-corrected chi connectivity index (χ0v) is 17.4. The number of furan rings is 1. The fraction of sp³-hybridized carbons (Fsp3) is 0.455. The Morgan fingerprint density at radius 2 is 2.03 bits per heavy atom. The smallest absolute Gasteiger partial charge is 0.258 e. The van der Waals surface area contributed by atoms with Crippen LogP contribution in [-0.4, -0.2) is 57.5 Å². The molecule has 0 bridgehead atoms. The normalized spacial score (nSPS) is 18.3. The molecule has 3 aromatic heterocycles. The maximum Gasteiger partial charge on any atom is 0.258 e. The molecule has 2 fully saturated rings. The van der Waals surface area contributed by atoms with Crippen LogP contribution in [0.5, 0.6) is 0 Å². The number of pyridine rings is 1. The third-order valence-electron chi connectivity index (χ3n) is 5.95. The second-order valence-electron chi connectivity index (χ2n) is 8.46. The summed E-state index contributed by atoms with van der Waals surface area (Å²) in [4.78, 5) is 31.0. The molecule has 8 heteroatoms. The van der Waals surface area contributed by atoms with Crippen LogP contribution in [0.2, 0.25) is 0 Å². The van der Waals surface area contributed by atoms with E-state index in [0.717, 1.165) is 38.2 Å². The molecular weight excluding hydrogens is 380 g/mol. The molecule has 0 spiro atoms. The molecule has 1 N–H and O–H groups in total. The number of carbonyl (C=O) groups is 1. The van der Waals surface area contributed by atoms with Crippen LogP contribution in [0.4, 0.5) is 11.6 Å². The molecule has 1 saturated heterocycles. The van der Waals surface area contributed by atoms with Crippen molar-refractivity contribution in [2.24, 2.45) is 0 Å². The Morgan fingerprint density at radius 1 is 1.17 bits per heavy atom. The molecule has 156 valence electrons. The number of carbonyl (C=O) groups excluding carboxylic acids is 1. The van der Waals surface area contributed by atoms with Crippen LogP contribution in [-0.2, 0) is 0 Å². The Morgan fingerprint density at radius 3 is 2.80 bits per heavy atom.